The van der Waals surface area contributed by atoms with Crippen molar-refractivity contribution in [1.29, 1.82) is 0 Å². The summed E-state index contributed by atoms with van der Waals surface area (Å²) in [6.45, 7) is 2.51. The van der Waals surface area contributed by atoms with Gasteiger partial charge in [-0.25, -0.2) is 13.1 Å². The maximum absolute atomic E-state index is 13.2. The van der Waals surface area contributed by atoms with Gasteiger partial charge in [-0.15, -0.1) is 5.10 Å². The molecular formula is C17H22N6O3S. The Labute approximate surface area is 157 Å². The Morgan fingerprint density at radius 1 is 1.11 bits per heavy atom. The molecule has 0 N–H and O–H groups in total. The van der Waals surface area contributed by atoms with Crippen molar-refractivity contribution in [2.45, 2.75) is 18.5 Å². The molecule has 9 nitrogen and oxygen atoms in total. The van der Waals surface area contributed by atoms with E-state index >= 15 is 0 Å². The number of hydrogen-bond donors (Lipinski definition) is 0. The summed E-state index contributed by atoms with van der Waals surface area (Å²) in [4.78, 5) is 17.2. The van der Waals surface area contributed by atoms with Crippen molar-refractivity contribution >= 4 is 15.7 Å². The van der Waals surface area contributed by atoms with E-state index in [1.54, 1.807) is 0 Å². The first-order valence-electron chi connectivity index (χ1n) is 9.04. The highest BCUT2D eigenvalue weighted by molar-refractivity contribution is 7.91. The number of nitrogens with zero attached hydrogens (tertiary/aromatic N) is 6. The van der Waals surface area contributed by atoms with Gasteiger partial charge in [-0.1, -0.05) is 30.3 Å². The summed E-state index contributed by atoms with van der Waals surface area (Å²) in [5, 5.41) is 11.3. The molecular weight excluding hydrogens is 368 g/mol. The van der Waals surface area contributed by atoms with Crippen LogP contribution in [0.4, 0.5) is 0 Å². The van der Waals surface area contributed by atoms with E-state index in [0.29, 0.717) is 32.6 Å². The summed E-state index contributed by atoms with van der Waals surface area (Å²) in [5.74, 6) is 0.455. The van der Waals surface area contributed by atoms with Crippen molar-refractivity contribution in [2.75, 3.05) is 37.7 Å². The zero-order valence-electron chi connectivity index (χ0n) is 14.9. The number of rotatable bonds is 4. The highest BCUT2D eigenvalue weighted by Crippen LogP contribution is 2.23. The lowest BCUT2D eigenvalue weighted by atomic mass is 10.1. The second-order valence-electron chi connectivity index (χ2n) is 7.02. The molecule has 4 rings (SSSR count). The molecule has 2 fully saturated rings. The van der Waals surface area contributed by atoms with E-state index in [4.69, 9.17) is 0 Å². The maximum atomic E-state index is 13.2. The van der Waals surface area contributed by atoms with E-state index in [0.717, 1.165) is 5.56 Å². The van der Waals surface area contributed by atoms with Gasteiger partial charge in [-0.2, -0.15) is 0 Å². The zero-order chi connectivity index (χ0) is 18.9. The summed E-state index contributed by atoms with van der Waals surface area (Å²) < 4.78 is 24.9. The minimum absolute atomic E-state index is 0.0489. The number of carbonyl (C=O) groups is 1. The zero-order valence-corrected chi connectivity index (χ0v) is 15.7. The molecule has 10 heteroatoms. The second-order valence-corrected chi connectivity index (χ2v) is 9.25. The first-order chi connectivity index (χ1) is 13.0. The Morgan fingerprint density at radius 2 is 1.85 bits per heavy atom. The van der Waals surface area contributed by atoms with Gasteiger partial charge in [-0.05, 0) is 22.4 Å². The molecule has 2 aromatic rings. The third-order valence-electron chi connectivity index (χ3n) is 5.33. The molecule has 0 aliphatic carbocycles. The number of carbonyl (C=O) groups excluding carboxylic acids is 1. The number of hydrogen-bond acceptors (Lipinski definition) is 7. The summed E-state index contributed by atoms with van der Waals surface area (Å²) >= 11 is 0. The van der Waals surface area contributed by atoms with Crippen molar-refractivity contribution in [2.24, 2.45) is 0 Å². The molecule has 0 radical (unpaired) electrons. The lowest BCUT2D eigenvalue weighted by molar-refractivity contribution is -0.135. The number of tetrazole rings is 1. The molecule has 2 unspecified atom stereocenters. The van der Waals surface area contributed by atoms with Gasteiger partial charge >= 0.3 is 0 Å². The van der Waals surface area contributed by atoms with Gasteiger partial charge in [0.25, 0.3) is 5.91 Å². The fraction of sp³-hybridized carbons (Fsp3) is 0.529. The van der Waals surface area contributed by atoms with Gasteiger partial charge < -0.3 is 4.90 Å². The van der Waals surface area contributed by atoms with Gasteiger partial charge in [0, 0.05) is 32.2 Å². The average Bonchev–Trinajstić information content (AvgIpc) is 3.33. The van der Waals surface area contributed by atoms with Crippen LogP contribution in [-0.4, -0.2) is 88.1 Å². The number of amides is 1. The fourth-order valence-corrected chi connectivity index (χ4v) is 5.64. The highest BCUT2D eigenvalue weighted by Gasteiger charge is 2.36. The van der Waals surface area contributed by atoms with Crippen LogP contribution in [0.3, 0.4) is 0 Å². The average molecular weight is 390 g/mol. The molecule has 2 aliphatic heterocycles. The molecule has 27 heavy (non-hydrogen) atoms. The Kier molecular flexibility index (Phi) is 4.92. The molecule has 1 aromatic heterocycles. The van der Waals surface area contributed by atoms with Crippen LogP contribution >= 0.6 is 0 Å². The van der Waals surface area contributed by atoms with Gasteiger partial charge in [0.2, 0.25) is 0 Å². The molecule has 2 saturated heterocycles. The molecule has 1 amide bonds. The normalized spacial score (nSPS) is 24.0. The minimum Gasteiger partial charge on any atom is -0.338 e. The van der Waals surface area contributed by atoms with Crippen molar-refractivity contribution < 1.29 is 13.2 Å². The van der Waals surface area contributed by atoms with Crippen LogP contribution in [0.1, 0.15) is 18.0 Å². The van der Waals surface area contributed by atoms with E-state index in [9.17, 15) is 13.2 Å². The second kappa shape index (κ2) is 7.35. The molecule has 1 aromatic carbocycles. The van der Waals surface area contributed by atoms with Crippen molar-refractivity contribution in [3.8, 4) is 0 Å². The van der Waals surface area contributed by atoms with Crippen LogP contribution in [0.5, 0.6) is 0 Å². The topological polar surface area (TPSA) is 101 Å². The smallest absolute Gasteiger partial charge is 0.252 e. The monoisotopic (exact) mass is 390 g/mol. The first-order valence-corrected chi connectivity index (χ1v) is 10.9. The molecule has 0 spiro atoms. The summed E-state index contributed by atoms with van der Waals surface area (Å²) in [6, 6.07) is 8.94. The SMILES string of the molecule is O=C(C(c1ccccc1)n1cnnn1)N1CCN(C2CCS(=O)(=O)C2)CC1. The number of piperazine rings is 1. The van der Waals surface area contributed by atoms with Crippen molar-refractivity contribution in [3.63, 3.8) is 0 Å². The predicted molar refractivity (Wildman–Crippen MR) is 97.6 cm³/mol. The largest absolute Gasteiger partial charge is 0.338 e. The molecule has 3 heterocycles. The van der Waals surface area contributed by atoms with Gasteiger partial charge in [0.15, 0.2) is 15.9 Å². The van der Waals surface area contributed by atoms with Crippen LogP contribution in [0.2, 0.25) is 0 Å². The maximum Gasteiger partial charge on any atom is 0.252 e. The van der Waals surface area contributed by atoms with E-state index in [1.165, 1.54) is 11.0 Å². The molecule has 0 bridgehead atoms. The number of aromatic nitrogens is 4. The van der Waals surface area contributed by atoms with Crippen LogP contribution in [0.15, 0.2) is 36.7 Å². The number of sulfone groups is 1. The number of benzene rings is 1. The Morgan fingerprint density at radius 3 is 2.44 bits per heavy atom. The third kappa shape index (κ3) is 3.86. The predicted octanol–water partition coefficient (Wildman–Crippen LogP) is -0.406. The van der Waals surface area contributed by atoms with E-state index < -0.39 is 15.9 Å². The minimum atomic E-state index is -2.90. The highest BCUT2D eigenvalue weighted by atomic mass is 32.2. The Bertz CT molecular complexity index is 879. The van der Waals surface area contributed by atoms with Gasteiger partial charge in [-0.3, -0.25) is 9.69 Å². The summed E-state index contributed by atoms with van der Waals surface area (Å²) in [7, 11) is -2.90. The quantitative estimate of drug-likeness (QED) is 0.700. The molecule has 0 saturated carbocycles. The molecule has 2 atom stereocenters. The van der Waals surface area contributed by atoms with Crippen LogP contribution in [0, 0.1) is 0 Å². The van der Waals surface area contributed by atoms with Crippen LogP contribution in [-0.2, 0) is 14.6 Å². The van der Waals surface area contributed by atoms with Crippen molar-refractivity contribution in [1.82, 2.24) is 30.0 Å². The standard InChI is InChI=1S/C17H22N6O3S/c24-17(16(23-13-18-19-20-23)14-4-2-1-3-5-14)22-9-7-21(8-10-22)15-6-11-27(25,26)12-15/h1-5,13,15-16H,6-12H2. The molecule has 144 valence electrons. The van der Waals surface area contributed by atoms with Crippen LogP contribution in [0.25, 0.3) is 0 Å². The Hall–Kier alpha value is -2.33. The van der Waals surface area contributed by atoms with Crippen LogP contribution < -0.4 is 0 Å². The lowest BCUT2D eigenvalue weighted by Gasteiger charge is -2.38. The summed E-state index contributed by atoms with van der Waals surface area (Å²) in [5.41, 5.74) is 0.833. The fourth-order valence-electron chi connectivity index (χ4n) is 3.87. The first kappa shape index (κ1) is 18.1. The molecule has 2 aliphatic rings. The van der Waals surface area contributed by atoms with Gasteiger partial charge in [0.1, 0.15) is 6.33 Å². The van der Waals surface area contributed by atoms with Crippen molar-refractivity contribution in [3.05, 3.63) is 42.2 Å². The van der Waals surface area contributed by atoms with E-state index in [-0.39, 0.29) is 23.5 Å². The summed E-state index contributed by atoms with van der Waals surface area (Å²) in [6.07, 6.45) is 2.14. The van der Waals surface area contributed by atoms with Gasteiger partial charge in [0.05, 0.1) is 11.5 Å². The van der Waals surface area contributed by atoms with E-state index in [1.807, 2.05) is 35.2 Å². The third-order valence-corrected chi connectivity index (χ3v) is 7.08. The van der Waals surface area contributed by atoms with E-state index in [2.05, 4.69) is 20.4 Å². The lowest BCUT2D eigenvalue weighted by Crippen LogP contribution is -2.53. The Balaban J connectivity index is 1.46.